The highest BCUT2D eigenvalue weighted by molar-refractivity contribution is 7.17. The fraction of sp³-hybridized carbons (Fsp3) is 0.111. The summed E-state index contributed by atoms with van der Waals surface area (Å²) in [6, 6.07) is 8.55. The van der Waals surface area contributed by atoms with Gasteiger partial charge in [-0.05, 0) is 35.7 Å². The van der Waals surface area contributed by atoms with Gasteiger partial charge < -0.3 is 20.7 Å². The maximum Gasteiger partial charge on any atom is 0.341 e. The fourth-order valence-electron chi connectivity index (χ4n) is 2.74. The molecule has 0 fully saturated rings. The third kappa shape index (κ3) is 3.50. The van der Waals surface area contributed by atoms with Crippen molar-refractivity contribution in [2.45, 2.75) is 6.54 Å². The van der Waals surface area contributed by atoms with Crippen molar-refractivity contribution in [3.05, 3.63) is 63.5 Å². The molecule has 2 aromatic heterocycles. The number of aromatic hydroxyl groups is 1. The first-order chi connectivity index (χ1) is 13.3. The molecule has 146 valence electrons. The highest BCUT2D eigenvalue weighted by Crippen LogP contribution is 2.29. The van der Waals surface area contributed by atoms with E-state index in [2.05, 4.69) is 0 Å². The quantitative estimate of drug-likeness (QED) is 0.360. The lowest BCUT2D eigenvalue weighted by Crippen LogP contribution is -2.29. The minimum atomic E-state index is -1.37. The molecule has 0 aliphatic rings. The molecule has 0 spiro atoms. The summed E-state index contributed by atoms with van der Waals surface area (Å²) in [5.41, 5.74) is 6.03. The van der Waals surface area contributed by atoms with Gasteiger partial charge in [-0.15, -0.1) is 11.3 Å². The maximum atomic E-state index is 12.5. The van der Waals surface area contributed by atoms with Gasteiger partial charge in [-0.2, -0.15) is 0 Å². The van der Waals surface area contributed by atoms with E-state index in [1.54, 1.807) is 42.8 Å². The van der Waals surface area contributed by atoms with E-state index in [1.807, 2.05) is 0 Å². The zero-order chi connectivity index (χ0) is 20.4. The Kier molecular flexibility index (Phi) is 5.25. The number of hydrogen-bond acceptors (Lipinski definition) is 8. The molecule has 0 unspecified atom stereocenters. The second kappa shape index (κ2) is 7.62. The number of pyridine rings is 1. The van der Waals surface area contributed by atoms with Crippen LogP contribution in [0.25, 0.3) is 10.2 Å². The number of anilines is 1. The molecule has 3 aromatic rings. The summed E-state index contributed by atoms with van der Waals surface area (Å²) in [6.07, 6.45) is 1.44. The molecule has 10 heteroatoms. The summed E-state index contributed by atoms with van der Waals surface area (Å²) < 4.78 is 6.59. The fourth-order valence-corrected chi connectivity index (χ4v) is 3.67. The van der Waals surface area contributed by atoms with Crippen LogP contribution in [0.4, 0.5) is 5.69 Å². The average Bonchev–Trinajstić information content (AvgIpc) is 3.14. The van der Waals surface area contributed by atoms with Gasteiger partial charge in [0.05, 0.1) is 29.6 Å². The Morgan fingerprint density at radius 1 is 1.32 bits per heavy atom. The normalized spacial score (nSPS) is 11.6. The van der Waals surface area contributed by atoms with Crippen molar-refractivity contribution in [1.29, 1.82) is 0 Å². The van der Waals surface area contributed by atoms with Crippen LogP contribution in [0.5, 0.6) is 11.5 Å². The smallest absolute Gasteiger partial charge is 0.341 e. The second-order valence-electron chi connectivity index (χ2n) is 5.86. The number of aromatic carboxylic acids is 1. The van der Waals surface area contributed by atoms with Gasteiger partial charge in [-0.1, -0.05) is 0 Å². The summed E-state index contributed by atoms with van der Waals surface area (Å²) >= 11 is 1.11. The molecule has 0 amide bonds. The average molecular weight is 402 g/mol. The predicted molar refractivity (Wildman–Crippen MR) is 107 cm³/mol. The number of allylic oxidation sites excluding steroid dienone is 1. The van der Waals surface area contributed by atoms with Gasteiger partial charge in [0.25, 0.3) is 5.56 Å². The first-order valence-electron chi connectivity index (χ1n) is 8.04. The molecule has 0 radical (unpaired) electrons. The number of hydrazine groups is 1. The predicted octanol–water partition coefficient (Wildman–Crippen LogP) is 1.66. The molecule has 6 N–H and O–H groups in total. The Balaban J connectivity index is 1.95. The Hall–Kier alpha value is -3.50. The summed E-state index contributed by atoms with van der Waals surface area (Å²) in [5.74, 6) is 4.47. The van der Waals surface area contributed by atoms with E-state index in [-0.39, 0.29) is 16.9 Å². The van der Waals surface area contributed by atoms with Crippen molar-refractivity contribution in [2.75, 3.05) is 12.1 Å². The van der Waals surface area contributed by atoms with Crippen LogP contribution < -0.4 is 26.9 Å². The van der Waals surface area contributed by atoms with E-state index in [9.17, 15) is 19.8 Å². The van der Waals surface area contributed by atoms with E-state index in [0.29, 0.717) is 17.0 Å². The number of nitrogens with zero attached hydrogens (tertiary/aromatic N) is 2. The van der Waals surface area contributed by atoms with Crippen LogP contribution in [0.1, 0.15) is 10.4 Å². The van der Waals surface area contributed by atoms with Crippen LogP contribution in [-0.4, -0.2) is 27.9 Å². The van der Waals surface area contributed by atoms with Gasteiger partial charge >= 0.3 is 5.97 Å². The molecular weight excluding hydrogens is 384 g/mol. The van der Waals surface area contributed by atoms with Gasteiger partial charge in [0.1, 0.15) is 11.3 Å². The van der Waals surface area contributed by atoms with Crippen LogP contribution in [-0.2, 0) is 6.54 Å². The Morgan fingerprint density at radius 2 is 2.00 bits per heavy atom. The largest absolute Gasteiger partial charge is 0.502 e. The zero-order valence-electron chi connectivity index (χ0n) is 14.8. The molecule has 0 bridgehead atoms. The number of benzene rings is 1. The number of carboxylic acid groups (broad SMARTS) is 1. The Morgan fingerprint density at radius 3 is 2.61 bits per heavy atom. The van der Waals surface area contributed by atoms with E-state index in [1.165, 1.54) is 15.8 Å². The van der Waals surface area contributed by atoms with E-state index < -0.39 is 22.8 Å². The number of carbonyl (C=O) groups is 1. The summed E-state index contributed by atoms with van der Waals surface area (Å²) in [7, 11) is 1.56. The lowest BCUT2D eigenvalue weighted by atomic mass is 10.2. The van der Waals surface area contributed by atoms with Gasteiger partial charge in [-0.25, -0.2) is 10.6 Å². The molecule has 0 saturated heterocycles. The summed E-state index contributed by atoms with van der Waals surface area (Å²) in [4.78, 5) is 23.9. The Labute approximate surface area is 163 Å². The minimum Gasteiger partial charge on any atom is -0.502 e. The van der Waals surface area contributed by atoms with Crippen molar-refractivity contribution in [3.8, 4) is 11.5 Å². The number of carboxylic acids is 1. The van der Waals surface area contributed by atoms with E-state index in [4.69, 9.17) is 16.3 Å². The van der Waals surface area contributed by atoms with Crippen LogP contribution >= 0.6 is 11.3 Å². The van der Waals surface area contributed by atoms with Gasteiger partial charge in [-0.3, -0.25) is 14.4 Å². The van der Waals surface area contributed by atoms with Crippen LogP contribution in [0.15, 0.2) is 52.4 Å². The number of nitrogens with two attached hydrogens (primary N) is 2. The van der Waals surface area contributed by atoms with Crippen molar-refractivity contribution in [1.82, 2.24) is 4.57 Å². The Bertz CT molecular complexity index is 1120. The maximum absolute atomic E-state index is 12.5. The van der Waals surface area contributed by atoms with E-state index >= 15 is 0 Å². The highest BCUT2D eigenvalue weighted by Gasteiger charge is 2.22. The van der Waals surface area contributed by atoms with Gasteiger partial charge in [0, 0.05) is 11.9 Å². The van der Waals surface area contributed by atoms with Crippen molar-refractivity contribution < 1.29 is 19.7 Å². The molecule has 1 aromatic carbocycles. The highest BCUT2D eigenvalue weighted by atomic mass is 32.1. The lowest BCUT2D eigenvalue weighted by Gasteiger charge is -2.16. The van der Waals surface area contributed by atoms with Crippen LogP contribution in [0, 0.1) is 0 Å². The van der Waals surface area contributed by atoms with Crippen LogP contribution in [0.3, 0.4) is 0 Å². The van der Waals surface area contributed by atoms with Gasteiger partial charge in [0.2, 0.25) is 0 Å². The van der Waals surface area contributed by atoms with Crippen molar-refractivity contribution >= 4 is 33.2 Å². The second-order valence-corrected chi connectivity index (χ2v) is 6.78. The molecule has 0 aliphatic carbocycles. The van der Waals surface area contributed by atoms with E-state index in [0.717, 1.165) is 11.3 Å². The van der Waals surface area contributed by atoms with Crippen molar-refractivity contribution in [2.24, 2.45) is 11.6 Å². The first-order valence-corrected chi connectivity index (χ1v) is 8.92. The number of fused-ring (bicyclic) bond motifs is 1. The number of rotatable bonds is 6. The topological polar surface area (TPSA) is 144 Å². The number of aromatic nitrogens is 1. The molecule has 2 heterocycles. The third-order valence-corrected chi connectivity index (χ3v) is 5.00. The zero-order valence-corrected chi connectivity index (χ0v) is 15.6. The minimum absolute atomic E-state index is 0.0800. The number of thiophene rings is 1. The number of ether oxygens (including phenoxy) is 1. The molecule has 28 heavy (non-hydrogen) atoms. The summed E-state index contributed by atoms with van der Waals surface area (Å²) in [5, 5.41) is 22.3. The SMILES string of the molecule is COc1ccc(N(N)/C=C(\N)Cn2c(=O)c(O)c(C(=O)O)c3sccc32)cc1. The standard InChI is InChI=1S/C18H18N4O5S/c1-27-12-4-2-11(3-5-12)22(20)9-10(19)8-21-13-6-7-28-16(13)14(18(25)26)15(23)17(21)24/h2-7,9,23H,8,19-20H2,1H3,(H,25,26)/b10-9-. The molecule has 0 aliphatic heterocycles. The third-order valence-electron chi connectivity index (χ3n) is 4.08. The number of hydrogen-bond donors (Lipinski definition) is 4. The monoisotopic (exact) mass is 402 g/mol. The molecule has 0 atom stereocenters. The lowest BCUT2D eigenvalue weighted by molar-refractivity contribution is 0.0695. The molecule has 3 rings (SSSR count). The summed E-state index contributed by atoms with van der Waals surface area (Å²) in [6.45, 7) is -0.0800. The van der Waals surface area contributed by atoms with Gasteiger partial charge in [0.15, 0.2) is 5.75 Å². The molecule has 9 nitrogen and oxygen atoms in total. The van der Waals surface area contributed by atoms with Crippen molar-refractivity contribution in [3.63, 3.8) is 0 Å². The number of methoxy groups -OCH3 is 1. The first kappa shape index (κ1) is 19.3. The molecular formula is C18H18N4O5S. The van der Waals surface area contributed by atoms with Crippen LogP contribution in [0.2, 0.25) is 0 Å². The molecule has 0 saturated carbocycles.